The normalized spacial score (nSPS) is 10.6. The summed E-state index contributed by atoms with van der Waals surface area (Å²) in [5, 5.41) is 8.76. The van der Waals surface area contributed by atoms with Crippen molar-refractivity contribution in [3.8, 4) is 0 Å². The second-order valence-corrected chi connectivity index (χ2v) is 8.52. The first-order valence-corrected chi connectivity index (χ1v) is 13.1. The van der Waals surface area contributed by atoms with Crippen molar-refractivity contribution < 1.29 is 5.11 Å². The Morgan fingerprint density at radius 2 is 0.615 bits per heavy atom. The lowest BCUT2D eigenvalue weighted by Gasteiger charge is -2.03. The molecule has 0 amide bonds. The summed E-state index contributed by atoms with van der Waals surface area (Å²) in [7, 11) is 0. The molecule has 0 fully saturated rings. The van der Waals surface area contributed by atoms with Gasteiger partial charge in [-0.15, -0.1) is 0 Å². The van der Waals surface area contributed by atoms with Crippen molar-refractivity contribution in [2.75, 3.05) is 11.9 Å². The minimum absolute atomic E-state index is 0.250. The number of aliphatic hydroxyl groups is 1. The van der Waals surface area contributed by atoms with Crippen molar-refractivity contribution in [2.24, 2.45) is 0 Å². The molecule has 0 aromatic heterocycles. The smallest absolute Gasteiger partial charge is 0.0402 e. The largest absolute Gasteiger partial charge is 0.397 e. The predicted octanol–water partition coefficient (Wildman–Crippen LogP) is 9.20. The Labute approximate surface area is 175 Å². The Balaban J connectivity index is 0. The van der Waals surface area contributed by atoms with Gasteiger partial charge in [0.2, 0.25) is 0 Å². The summed E-state index contributed by atoms with van der Waals surface area (Å²) in [6.07, 6.45) is 29.3. The molecule has 1 N–H and O–H groups in total. The van der Waals surface area contributed by atoms with E-state index in [1.54, 1.807) is 6.92 Å². The number of hydrogen-bond acceptors (Lipinski definition) is 1. The van der Waals surface area contributed by atoms with Crippen molar-refractivity contribution in [3.05, 3.63) is 0 Å². The second kappa shape index (κ2) is 30.2. The summed E-state index contributed by atoms with van der Waals surface area (Å²) in [4.78, 5) is 0. The monoisotopic (exact) mass is 434 g/mol. The van der Waals surface area contributed by atoms with Crippen molar-refractivity contribution in [1.82, 2.24) is 0 Å². The van der Waals surface area contributed by atoms with Crippen molar-refractivity contribution in [2.45, 2.75) is 142 Å². The fourth-order valence-corrected chi connectivity index (χ4v) is 3.75. The first kappa shape index (κ1) is 28.6. The maximum Gasteiger partial charge on any atom is 0.0402 e. The maximum atomic E-state index is 7.57. The van der Waals surface area contributed by atoms with Gasteiger partial charge in [0.15, 0.2) is 0 Å². The maximum absolute atomic E-state index is 7.57. The molecule has 0 bridgehead atoms. The highest BCUT2D eigenvalue weighted by molar-refractivity contribution is 9.09. The van der Waals surface area contributed by atoms with Crippen LogP contribution in [0.15, 0.2) is 0 Å². The van der Waals surface area contributed by atoms with Crippen molar-refractivity contribution >= 4 is 15.9 Å². The molecule has 0 saturated carbocycles. The highest BCUT2D eigenvalue weighted by Crippen LogP contribution is 2.14. The van der Waals surface area contributed by atoms with Crippen LogP contribution in [0.1, 0.15) is 142 Å². The summed E-state index contributed by atoms with van der Waals surface area (Å²) in [6.45, 7) is 4.23. The number of hydrogen-bond donors (Lipinski definition) is 1. The first-order chi connectivity index (χ1) is 12.8. The summed E-state index contributed by atoms with van der Waals surface area (Å²) in [5.41, 5.74) is 0. The van der Waals surface area contributed by atoms with Crippen LogP contribution in [0.2, 0.25) is 0 Å². The molecule has 0 aliphatic heterocycles. The number of alkyl halides is 1. The first-order valence-electron chi connectivity index (χ1n) is 12.0. The third-order valence-electron chi connectivity index (χ3n) is 4.99. The molecule has 0 unspecified atom stereocenters. The van der Waals surface area contributed by atoms with Gasteiger partial charge in [0, 0.05) is 11.9 Å². The summed E-state index contributed by atoms with van der Waals surface area (Å²) in [6, 6.07) is 0. The van der Waals surface area contributed by atoms with Gasteiger partial charge in [-0.05, 0) is 13.3 Å². The molecule has 1 nitrogen and oxygen atoms in total. The molecule has 0 rings (SSSR count). The molecule has 0 spiro atoms. The Hall–Kier alpha value is 0.440. The minimum atomic E-state index is 0.250. The molecule has 0 aliphatic carbocycles. The lowest BCUT2D eigenvalue weighted by Crippen LogP contribution is -1.84. The van der Waals surface area contributed by atoms with Crippen LogP contribution < -0.4 is 0 Å². The van der Waals surface area contributed by atoms with Crippen LogP contribution in [-0.4, -0.2) is 17.0 Å². The topological polar surface area (TPSA) is 20.2 Å². The summed E-state index contributed by atoms with van der Waals surface area (Å²) < 4.78 is 0. The Morgan fingerprint density at radius 3 is 0.808 bits per heavy atom. The molecule has 0 aliphatic rings. The van der Waals surface area contributed by atoms with E-state index in [-0.39, 0.29) is 6.61 Å². The summed E-state index contributed by atoms with van der Waals surface area (Å²) in [5.74, 6) is 0. The van der Waals surface area contributed by atoms with Gasteiger partial charge in [-0.2, -0.15) is 0 Å². The third kappa shape index (κ3) is 32.1. The number of unbranched alkanes of at least 4 members (excludes halogenated alkanes) is 19. The van der Waals surface area contributed by atoms with Crippen molar-refractivity contribution in [1.29, 1.82) is 0 Å². The molecule has 0 atom stereocenters. The number of rotatable bonds is 20. The van der Waals surface area contributed by atoms with Gasteiger partial charge < -0.3 is 5.11 Å². The van der Waals surface area contributed by atoms with E-state index in [2.05, 4.69) is 22.9 Å². The van der Waals surface area contributed by atoms with E-state index in [9.17, 15) is 0 Å². The number of aliphatic hydroxyl groups excluding tert-OH is 1. The van der Waals surface area contributed by atoms with Gasteiger partial charge in [0.1, 0.15) is 0 Å². The van der Waals surface area contributed by atoms with Crippen LogP contribution in [0, 0.1) is 0 Å². The van der Waals surface area contributed by atoms with Gasteiger partial charge in [0.05, 0.1) is 0 Å². The Bertz CT molecular complexity index is 188. The minimum Gasteiger partial charge on any atom is -0.397 e. The van der Waals surface area contributed by atoms with Gasteiger partial charge in [-0.3, -0.25) is 0 Å². The quantitative estimate of drug-likeness (QED) is 0.149. The molecule has 0 aromatic rings. The highest BCUT2D eigenvalue weighted by Gasteiger charge is 1.95. The van der Waals surface area contributed by atoms with Crippen LogP contribution in [0.25, 0.3) is 0 Å². The van der Waals surface area contributed by atoms with E-state index in [4.69, 9.17) is 5.11 Å². The molecule has 160 valence electrons. The van der Waals surface area contributed by atoms with Crippen LogP contribution in [0.4, 0.5) is 0 Å². The summed E-state index contributed by atoms with van der Waals surface area (Å²) >= 11 is 3.50. The molecule has 0 radical (unpaired) electrons. The lowest BCUT2D eigenvalue weighted by atomic mass is 10.0. The van der Waals surface area contributed by atoms with Gasteiger partial charge in [-0.1, -0.05) is 145 Å². The molecule has 0 heterocycles. The molecule has 2 heteroatoms. The van der Waals surface area contributed by atoms with Gasteiger partial charge >= 0.3 is 0 Å². The van der Waals surface area contributed by atoms with Gasteiger partial charge in [0.25, 0.3) is 0 Å². The third-order valence-corrected chi connectivity index (χ3v) is 5.55. The average Bonchev–Trinajstić information content (AvgIpc) is 2.64. The lowest BCUT2D eigenvalue weighted by molar-refractivity contribution is 0.318. The van der Waals surface area contributed by atoms with E-state index >= 15 is 0 Å². The fourth-order valence-electron chi connectivity index (χ4n) is 3.35. The Kier molecular flexibility index (Phi) is 33.3. The second-order valence-electron chi connectivity index (χ2n) is 7.72. The van der Waals surface area contributed by atoms with E-state index in [0.717, 1.165) is 0 Å². The molecule has 26 heavy (non-hydrogen) atoms. The number of halogens is 1. The molecular formula is C24H51BrO. The van der Waals surface area contributed by atoms with Crippen LogP contribution in [0.5, 0.6) is 0 Å². The van der Waals surface area contributed by atoms with Gasteiger partial charge in [-0.25, -0.2) is 0 Å². The van der Waals surface area contributed by atoms with Crippen molar-refractivity contribution in [3.63, 3.8) is 0 Å². The zero-order valence-electron chi connectivity index (χ0n) is 18.4. The Morgan fingerprint density at radius 1 is 0.423 bits per heavy atom. The zero-order chi connectivity index (χ0) is 19.6. The standard InChI is InChI=1S/C22H45Br.C2H6O/c1-2-3-4-5-6-7-8-9-10-11-12-13-14-15-16-17-18-19-20-21-22-23;1-2-3/h2-22H2,1H3;3H,2H2,1H3. The predicted molar refractivity (Wildman–Crippen MR) is 125 cm³/mol. The highest BCUT2D eigenvalue weighted by atomic mass is 79.9. The molecule has 0 saturated heterocycles. The van der Waals surface area contributed by atoms with Crippen LogP contribution in [0.3, 0.4) is 0 Å². The zero-order valence-corrected chi connectivity index (χ0v) is 20.0. The average molecular weight is 436 g/mol. The molecular weight excluding hydrogens is 384 g/mol. The van der Waals surface area contributed by atoms with E-state index in [1.165, 1.54) is 134 Å². The van der Waals surface area contributed by atoms with Crippen LogP contribution >= 0.6 is 15.9 Å². The molecule has 0 aromatic carbocycles. The van der Waals surface area contributed by atoms with E-state index < -0.39 is 0 Å². The van der Waals surface area contributed by atoms with E-state index in [0.29, 0.717) is 0 Å². The SMILES string of the molecule is CCCCCCCCCCCCCCCCCCCCCCBr.CCO. The fraction of sp³-hybridized carbons (Fsp3) is 1.00. The van der Waals surface area contributed by atoms with Crippen LogP contribution in [-0.2, 0) is 0 Å². The van der Waals surface area contributed by atoms with E-state index in [1.807, 2.05) is 0 Å².